The maximum absolute atomic E-state index is 12.5. The largest absolute Gasteiger partial charge is 0.416 e. The van der Waals surface area contributed by atoms with Crippen LogP contribution in [-0.2, 0) is 11.5 Å². The Bertz CT molecular complexity index is 418. The summed E-state index contributed by atoms with van der Waals surface area (Å²) in [6, 6.07) is 3.10. The zero-order valence-corrected chi connectivity index (χ0v) is 11.0. The number of ketones is 1. The van der Waals surface area contributed by atoms with Gasteiger partial charge >= 0.3 is 6.18 Å². The van der Waals surface area contributed by atoms with Gasteiger partial charge < -0.3 is 0 Å². The fourth-order valence-electron chi connectivity index (χ4n) is 1.37. The summed E-state index contributed by atoms with van der Waals surface area (Å²) in [5.41, 5.74) is -0.139. The summed E-state index contributed by atoms with van der Waals surface area (Å²) >= 11 is 8.51. The fourth-order valence-corrected chi connectivity index (χ4v) is 2.01. The topological polar surface area (TPSA) is 17.1 Å². The quantitative estimate of drug-likeness (QED) is 0.590. The van der Waals surface area contributed by atoms with Gasteiger partial charge in [0, 0.05) is 23.2 Å². The molecule has 1 aromatic carbocycles. The van der Waals surface area contributed by atoms with Crippen molar-refractivity contribution in [2.24, 2.45) is 0 Å². The number of carbonyl (C=O) groups excluding carboxylic acids is 1. The van der Waals surface area contributed by atoms with Crippen molar-refractivity contribution in [1.82, 2.24) is 0 Å². The van der Waals surface area contributed by atoms with Crippen LogP contribution in [0.3, 0.4) is 0 Å². The molecule has 0 radical (unpaired) electrons. The Hall–Kier alpha value is -0.550. The minimum Gasteiger partial charge on any atom is -0.294 e. The number of Topliss-reactive ketones (excluding diaryl/α,β-unsaturated/α-hetero) is 1. The number of alkyl halides is 5. The molecule has 17 heavy (non-hydrogen) atoms. The average molecular weight is 330 g/mol. The zero-order chi connectivity index (χ0) is 13.1. The molecule has 1 aromatic rings. The van der Waals surface area contributed by atoms with Crippen LogP contribution in [0.2, 0.25) is 0 Å². The van der Waals surface area contributed by atoms with Crippen molar-refractivity contribution in [1.29, 1.82) is 0 Å². The summed E-state index contributed by atoms with van der Waals surface area (Å²) < 4.78 is 37.4. The minimum atomic E-state index is -4.40. The molecule has 0 aliphatic carbocycles. The molecule has 0 aliphatic heterocycles. The van der Waals surface area contributed by atoms with E-state index >= 15 is 0 Å². The summed E-state index contributed by atoms with van der Waals surface area (Å²) in [6.07, 6.45) is -4.28. The second kappa shape index (κ2) is 5.87. The molecule has 0 saturated heterocycles. The van der Waals surface area contributed by atoms with Crippen molar-refractivity contribution >= 4 is 33.3 Å². The van der Waals surface area contributed by atoms with E-state index in [1.165, 1.54) is 6.07 Å². The molecule has 0 fully saturated rings. The molecule has 0 aliphatic rings. The van der Waals surface area contributed by atoms with Crippen molar-refractivity contribution in [3.8, 4) is 0 Å². The van der Waals surface area contributed by atoms with Gasteiger partial charge in [-0.15, -0.1) is 11.6 Å². The number of hydrogen-bond donors (Lipinski definition) is 0. The third kappa shape index (κ3) is 3.71. The Morgan fingerprint density at radius 3 is 2.47 bits per heavy atom. The molecule has 6 heteroatoms. The van der Waals surface area contributed by atoms with Crippen LogP contribution in [0.1, 0.15) is 27.9 Å². The Balaban J connectivity index is 3.14. The van der Waals surface area contributed by atoms with Crippen LogP contribution in [0.15, 0.2) is 18.2 Å². The summed E-state index contributed by atoms with van der Waals surface area (Å²) in [6.45, 7) is 0. The van der Waals surface area contributed by atoms with Gasteiger partial charge in [-0.2, -0.15) is 13.2 Å². The lowest BCUT2D eigenvalue weighted by atomic mass is 10.0. The van der Waals surface area contributed by atoms with E-state index in [1.807, 2.05) is 0 Å². The third-order valence-corrected chi connectivity index (χ3v) is 2.99. The summed E-state index contributed by atoms with van der Waals surface area (Å²) in [4.78, 5) is 11.6. The lowest BCUT2D eigenvalue weighted by Crippen LogP contribution is -2.09. The van der Waals surface area contributed by atoms with Crippen LogP contribution < -0.4 is 0 Å². The van der Waals surface area contributed by atoms with Crippen molar-refractivity contribution in [2.75, 3.05) is 5.88 Å². The highest BCUT2D eigenvalue weighted by Crippen LogP contribution is 2.31. The maximum atomic E-state index is 12.5. The average Bonchev–Trinajstić information content (AvgIpc) is 2.27. The van der Waals surface area contributed by atoms with Gasteiger partial charge in [0.2, 0.25) is 0 Å². The van der Waals surface area contributed by atoms with Gasteiger partial charge in [0.25, 0.3) is 0 Å². The second-order valence-electron chi connectivity index (χ2n) is 3.37. The molecule has 1 rings (SSSR count). The molecule has 0 aromatic heterocycles. The van der Waals surface area contributed by atoms with E-state index in [0.29, 0.717) is 5.56 Å². The SMILES string of the molecule is O=C(CCCl)c1ccc(C(F)(F)F)cc1CBr. The molecule has 0 spiro atoms. The van der Waals surface area contributed by atoms with Crippen molar-refractivity contribution in [3.63, 3.8) is 0 Å². The van der Waals surface area contributed by atoms with Crippen molar-refractivity contribution < 1.29 is 18.0 Å². The van der Waals surface area contributed by atoms with Crippen LogP contribution in [0.4, 0.5) is 13.2 Å². The summed E-state index contributed by atoms with van der Waals surface area (Å²) in [5.74, 6) is -0.0927. The lowest BCUT2D eigenvalue weighted by molar-refractivity contribution is -0.137. The van der Waals surface area contributed by atoms with Gasteiger partial charge in [-0.05, 0) is 17.7 Å². The van der Waals surface area contributed by atoms with E-state index in [2.05, 4.69) is 15.9 Å². The van der Waals surface area contributed by atoms with Crippen molar-refractivity contribution in [3.05, 3.63) is 34.9 Å². The second-order valence-corrected chi connectivity index (χ2v) is 4.30. The van der Waals surface area contributed by atoms with Crippen molar-refractivity contribution in [2.45, 2.75) is 17.9 Å². The van der Waals surface area contributed by atoms with Crippen LogP contribution in [-0.4, -0.2) is 11.7 Å². The predicted molar refractivity (Wildman–Crippen MR) is 63.7 cm³/mol. The first-order valence-corrected chi connectivity index (χ1v) is 6.41. The Morgan fingerprint density at radius 1 is 1.35 bits per heavy atom. The highest BCUT2D eigenvalue weighted by atomic mass is 79.9. The van der Waals surface area contributed by atoms with Gasteiger partial charge in [0.1, 0.15) is 0 Å². The van der Waals surface area contributed by atoms with Gasteiger partial charge in [-0.25, -0.2) is 0 Å². The number of carbonyl (C=O) groups is 1. The molecule has 0 amide bonds. The fraction of sp³-hybridized carbons (Fsp3) is 0.364. The first-order valence-electron chi connectivity index (χ1n) is 4.75. The van der Waals surface area contributed by atoms with Gasteiger partial charge in [-0.3, -0.25) is 4.79 Å². The molecule has 0 bridgehead atoms. The monoisotopic (exact) mass is 328 g/mol. The van der Waals surface area contributed by atoms with Gasteiger partial charge in [-0.1, -0.05) is 22.0 Å². The van der Waals surface area contributed by atoms with E-state index < -0.39 is 11.7 Å². The summed E-state index contributed by atoms with van der Waals surface area (Å²) in [7, 11) is 0. The van der Waals surface area contributed by atoms with E-state index in [9.17, 15) is 18.0 Å². The Morgan fingerprint density at radius 2 is 2.00 bits per heavy atom. The molecule has 0 saturated carbocycles. The summed E-state index contributed by atoms with van der Waals surface area (Å²) in [5, 5.41) is 0.195. The van der Waals surface area contributed by atoms with E-state index in [4.69, 9.17) is 11.6 Å². The molecule has 94 valence electrons. The third-order valence-electron chi connectivity index (χ3n) is 2.20. The number of hydrogen-bond acceptors (Lipinski definition) is 1. The number of benzene rings is 1. The van der Waals surface area contributed by atoms with Gasteiger partial charge in [0.15, 0.2) is 5.78 Å². The smallest absolute Gasteiger partial charge is 0.294 e. The molecule has 0 atom stereocenters. The molecule has 0 N–H and O–H groups in total. The lowest BCUT2D eigenvalue weighted by Gasteiger charge is -2.11. The predicted octanol–water partition coefficient (Wildman–Crippen LogP) is 4.41. The highest BCUT2D eigenvalue weighted by molar-refractivity contribution is 9.08. The first kappa shape index (κ1) is 14.5. The van der Waals surface area contributed by atoms with E-state index in [1.54, 1.807) is 0 Å². The molecular weight excluding hydrogens is 320 g/mol. The van der Waals surface area contributed by atoms with Crippen LogP contribution in [0.25, 0.3) is 0 Å². The minimum absolute atomic E-state index is 0.118. The number of rotatable bonds is 4. The molecule has 0 unspecified atom stereocenters. The molecular formula is C11H9BrClF3O. The van der Waals surface area contributed by atoms with Crippen LogP contribution in [0.5, 0.6) is 0 Å². The van der Waals surface area contributed by atoms with E-state index in [0.717, 1.165) is 12.1 Å². The van der Waals surface area contributed by atoms with Gasteiger partial charge in [0.05, 0.1) is 5.56 Å². The first-order chi connectivity index (χ1) is 7.90. The van der Waals surface area contributed by atoms with E-state index in [-0.39, 0.29) is 29.0 Å². The standard InChI is InChI=1S/C11H9BrClF3O/c12-6-7-5-8(11(14,15)16)1-2-9(7)10(17)3-4-13/h1-2,5H,3-4,6H2. The molecule has 0 heterocycles. The van der Waals surface area contributed by atoms with Crippen LogP contribution >= 0.6 is 27.5 Å². The van der Waals surface area contributed by atoms with Crippen LogP contribution in [0, 0.1) is 0 Å². The highest BCUT2D eigenvalue weighted by Gasteiger charge is 2.31. The zero-order valence-electron chi connectivity index (χ0n) is 8.65. The molecule has 1 nitrogen and oxygen atoms in total. The normalized spacial score (nSPS) is 11.6. The Labute approximate surface area is 110 Å². The number of halogens is 5. The maximum Gasteiger partial charge on any atom is 0.416 e. The Kier molecular flexibility index (Phi) is 5.01.